The first-order chi connectivity index (χ1) is 15.2. The van der Waals surface area contributed by atoms with Gasteiger partial charge in [0.1, 0.15) is 0 Å². The van der Waals surface area contributed by atoms with Gasteiger partial charge in [-0.25, -0.2) is 4.79 Å². The molecule has 2 nitrogen and oxygen atoms in total. The molecule has 154 valence electrons. The topological polar surface area (TPSA) is 26.3 Å². The van der Waals surface area contributed by atoms with E-state index in [9.17, 15) is 4.79 Å². The Balaban J connectivity index is 1.38. The van der Waals surface area contributed by atoms with E-state index in [4.69, 9.17) is 4.74 Å². The number of ether oxygens (including phenoxy) is 1. The van der Waals surface area contributed by atoms with E-state index >= 15 is 0 Å². The molecule has 0 unspecified atom stereocenters. The third-order valence-corrected chi connectivity index (χ3v) is 8.04. The van der Waals surface area contributed by atoms with Crippen molar-refractivity contribution in [2.45, 2.75) is 52.4 Å². The summed E-state index contributed by atoms with van der Waals surface area (Å²) in [5.41, 5.74) is 0.0318. The average Bonchev–Trinajstić information content (AvgIpc) is 3.62. The summed E-state index contributed by atoms with van der Waals surface area (Å²) >= 11 is 0. The highest BCUT2D eigenvalue weighted by molar-refractivity contribution is 7.97. The highest BCUT2D eigenvalue weighted by Gasteiger charge is 2.40. The van der Waals surface area contributed by atoms with Gasteiger partial charge < -0.3 is 4.74 Å². The van der Waals surface area contributed by atoms with Gasteiger partial charge in [-0.1, -0.05) is 48.2 Å². The summed E-state index contributed by atoms with van der Waals surface area (Å²) in [7, 11) is -0.221. The zero-order chi connectivity index (χ0) is 21.1. The number of hydrogen-bond acceptors (Lipinski definition) is 2. The minimum Gasteiger partial charge on any atom is -0.442 e. The Labute approximate surface area is 187 Å². The van der Waals surface area contributed by atoms with Crippen molar-refractivity contribution in [3.63, 3.8) is 0 Å². The number of carbonyl (C=O) groups excluding carboxylic acids is 1. The van der Waals surface area contributed by atoms with Gasteiger partial charge in [0.25, 0.3) is 0 Å². The summed E-state index contributed by atoms with van der Waals surface area (Å²) < 4.78 is 5.90. The van der Waals surface area contributed by atoms with Crippen molar-refractivity contribution >= 4 is 16.9 Å². The van der Waals surface area contributed by atoms with E-state index in [0.717, 1.165) is 19.3 Å². The SMILES string of the molecule is O=C(OC1(C#CC2CC2)CCC1)c1ccc([S+](c2ccccc2)c2ccccc2)cc1. The van der Waals surface area contributed by atoms with Crippen molar-refractivity contribution in [2.75, 3.05) is 0 Å². The second kappa shape index (κ2) is 8.65. The lowest BCUT2D eigenvalue weighted by Gasteiger charge is -2.36. The van der Waals surface area contributed by atoms with Crippen LogP contribution in [-0.4, -0.2) is 11.6 Å². The fraction of sp³-hybridized carbons (Fsp3) is 0.250. The standard InChI is InChI=1S/C28H25O2S/c29-27(30-28(19-7-20-28)21-18-22-12-13-22)23-14-16-26(17-15-23)31(24-8-3-1-4-9-24)25-10-5-2-6-11-25/h1-6,8-11,14-17,22H,7,12-13,19-20H2/q+1. The lowest BCUT2D eigenvalue weighted by molar-refractivity contribution is -0.0259. The molecule has 3 heteroatoms. The quantitative estimate of drug-likeness (QED) is 0.273. The Morgan fingerprint density at radius 3 is 1.84 bits per heavy atom. The predicted octanol–water partition coefficient (Wildman–Crippen LogP) is 6.27. The summed E-state index contributed by atoms with van der Waals surface area (Å²) in [6.07, 6.45) is 5.14. The number of carbonyl (C=O) groups is 1. The van der Waals surface area contributed by atoms with Crippen molar-refractivity contribution in [2.24, 2.45) is 5.92 Å². The zero-order valence-electron chi connectivity index (χ0n) is 17.4. The highest BCUT2D eigenvalue weighted by atomic mass is 32.2. The van der Waals surface area contributed by atoms with Crippen LogP contribution in [0.2, 0.25) is 0 Å². The third kappa shape index (κ3) is 4.55. The predicted molar refractivity (Wildman–Crippen MR) is 124 cm³/mol. The molecule has 0 atom stereocenters. The molecule has 0 saturated heterocycles. The first-order valence-electron chi connectivity index (χ1n) is 10.9. The van der Waals surface area contributed by atoms with Crippen LogP contribution in [0.25, 0.3) is 0 Å². The normalized spacial score (nSPS) is 16.7. The van der Waals surface area contributed by atoms with Gasteiger partial charge in [-0.15, -0.1) is 0 Å². The second-order valence-electron chi connectivity index (χ2n) is 8.24. The van der Waals surface area contributed by atoms with E-state index in [0.29, 0.717) is 11.5 Å². The number of benzene rings is 3. The molecule has 2 saturated carbocycles. The molecule has 5 rings (SSSR count). The van der Waals surface area contributed by atoms with Crippen molar-refractivity contribution < 1.29 is 9.53 Å². The Morgan fingerprint density at radius 2 is 1.35 bits per heavy atom. The highest BCUT2D eigenvalue weighted by Crippen LogP contribution is 2.37. The summed E-state index contributed by atoms with van der Waals surface area (Å²) in [5, 5.41) is 0. The fourth-order valence-corrected chi connectivity index (χ4v) is 5.78. The van der Waals surface area contributed by atoms with Crippen LogP contribution < -0.4 is 0 Å². The largest absolute Gasteiger partial charge is 0.442 e. The lowest BCUT2D eigenvalue weighted by atomic mass is 9.80. The molecular formula is C28H25O2S+. The molecule has 31 heavy (non-hydrogen) atoms. The molecule has 0 heterocycles. The van der Waals surface area contributed by atoms with Crippen LogP contribution in [0.15, 0.2) is 99.6 Å². The van der Waals surface area contributed by atoms with E-state index in [2.05, 4.69) is 72.5 Å². The van der Waals surface area contributed by atoms with E-state index in [1.807, 2.05) is 24.3 Å². The van der Waals surface area contributed by atoms with Crippen LogP contribution in [0.4, 0.5) is 0 Å². The van der Waals surface area contributed by atoms with Crippen LogP contribution in [0, 0.1) is 17.8 Å². The maximum Gasteiger partial charge on any atom is 0.339 e. The van der Waals surface area contributed by atoms with Gasteiger partial charge >= 0.3 is 5.97 Å². The summed E-state index contributed by atoms with van der Waals surface area (Å²) in [4.78, 5) is 16.5. The van der Waals surface area contributed by atoms with Crippen molar-refractivity contribution in [1.82, 2.24) is 0 Å². The fourth-order valence-electron chi connectivity index (χ4n) is 3.70. The molecular weight excluding hydrogens is 400 g/mol. The molecule has 0 spiro atoms. The average molecular weight is 426 g/mol. The summed E-state index contributed by atoms with van der Waals surface area (Å²) in [6.45, 7) is 0. The van der Waals surface area contributed by atoms with E-state index < -0.39 is 5.60 Å². The molecule has 0 bridgehead atoms. The van der Waals surface area contributed by atoms with E-state index in [-0.39, 0.29) is 16.9 Å². The lowest BCUT2D eigenvalue weighted by Crippen LogP contribution is -2.40. The Hall–Kier alpha value is -2.96. The van der Waals surface area contributed by atoms with Crippen molar-refractivity contribution in [1.29, 1.82) is 0 Å². The minimum atomic E-state index is -0.559. The molecule has 0 aliphatic heterocycles. The van der Waals surface area contributed by atoms with Gasteiger partial charge in [-0.05, 0) is 80.6 Å². The van der Waals surface area contributed by atoms with Gasteiger partial charge in [-0.2, -0.15) is 0 Å². The van der Waals surface area contributed by atoms with E-state index in [1.54, 1.807) is 0 Å². The smallest absolute Gasteiger partial charge is 0.339 e. The number of hydrogen-bond donors (Lipinski definition) is 0. The monoisotopic (exact) mass is 425 g/mol. The molecule has 3 aromatic carbocycles. The van der Waals surface area contributed by atoms with Gasteiger partial charge in [0.05, 0.1) is 16.5 Å². The van der Waals surface area contributed by atoms with Gasteiger partial charge in [0.2, 0.25) is 0 Å². The molecule has 2 aliphatic carbocycles. The van der Waals surface area contributed by atoms with Crippen molar-refractivity contribution in [3.8, 4) is 11.8 Å². The molecule has 2 aliphatic rings. The van der Waals surface area contributed by atoms with Crippen LogP contribution in [0.5, 0.6) is 0 Å². The van der Waals surface area contributed by atoms with Crippen LogP contribution in [-0.2, 0) is 15.6 Å². The number of rotatable bonds is 5. The van der Waals surface area contributed by atoms with Crippen LogP contribution in [0.3, 0.4) is 0 Å². The zero-order valence-corrected chi connectivity index (χ0v) is 18.2. The van der Waals surface area contributed by atoms with Gasteiger partial charge in [0.15, 0.2) is 20.3 Å². The summed E-state index contributed by atoms with van der Waals surface area (Å²) in [5.74, 6) is 6.82. The second-order valence-corrected chi connectivity index (χ2v) is 10.3. The summed E-state index contributed by atoms with van der Waals surface area (Å²) in [6, 6.07) is 28.9. The molecule has 2 fully saturated rings. The number of esters is 1. The maximum atomic E-state index is 12.8. The van der Waals surface area contributed by atoms with E-state index in [1.165, 1.54) is 27.5 Å². The molecule has 0 radical (unpaired) electrons. The Morgan fingerprint density at radius 1 is 0.806 bits per heavy atom. The van der Waals surface area contributed by atoms with Gasteiger partial charge in [0, 0.05) is 5.92 Å². The Kier molecular flexibility index (Phi) is 5.57. The minimum absolute atomic E-state index is 0.221. The third-order valence-electron chi connectivity index (χ3n) is 5.81. The first kappa shape index (κ1) is 20.0. The molecule has 0 amide bonds. The van der Waals surface area contributed by atoms with Crippen molar-refractivity contribution in [3.05, 3.63) is 90.5 Å². The molecule has 0 aromatic heterocycles. The first-order valence-corrected chi connectivity index (χ1v) is 12.2. The van der Waals surface area contributed by atoms with Crippen LogP contribution in [0.1, 0.15) is 42.5 Å². The Bertz CT molecular complexity index is 1060. The molecule has 0 N–H and O–H groups in total. The van der Waals surface area contributed by atoms with Gasteiger partial charge in [-0.3, -0.25) is 0 Å². The molecule has 3 aromatic rings. The maximum absolute atomic E-state index is 12.8. The van der Waals surface area contributed by atoms with Crippen LogP contribution >= 0.6 is 0 Å².